The maximum absolute atomic E-state index is 12.7. The minimum Gasteiger partial charge on any atom is -0.393 e. The van der Waals surface area contributed by atoms with Crippen molar-refractivity contribution in [1.29, 1.82) is 0 Å². The first-order chi connectivity index (χ1) is 7.00. The Hall–Kier alpha value is -0.890. The van der Waals surface area contributed by atoms with Crippen LogP contribution in [0.5, 0.6) is 0 Å². The Morgan fingerprint density at radius 3 is 2.07 bits per heavy atom. The van der Waals surface area contributed by atoms with E-state index in [0.717, 1.165) is 12.0 Å². The van der Waals surface area contributed by atoms with Gasteiger partial charge < -0.3 is 5.11 Å². The van der Waals surface area contributed by atoms with Crippen molar-refractivity contribution in [3.8, 4) is 0 Å². The second-order valence-electron chi connectivity index (χ2n) is 4.48. The number of halogens is 1. The molecular weight excluding hydrogens is 191 g/mol. The Kier molecular flexibility index (Phi) is 4.28. The average Bonchev–Trinajstić information content (AvgIpc) is 2.15. The van der Waals surface area contributed by atoms with Crippen molar-refractivity contribution in [2.45, 2.75) is 33.3 Å². The van der Waals surface area contributed by atoms with Gasteiger partial charge in [-0.05, 0) is 42.9 Å². The predicted octanol–water partition coefficient (Wildman–Crippen LogP) is 3.02. The SMILES string of the molecule is CC(C)C(Cc1ccc(F)cc1)C(C)O. The molecule has 15 heavy (non-hydrogen) atoms. The van der Waals surface area contributed by atoms with Crippen LogP contribution in [-0.2, 0) is 6.42 Å². The highest BCUT2D eigenvalue weighted by molar-refractivity contribution is 5.16. The molecule has 0 saturated heterocycles. The third-order valence-corrected chi connectivity index (χ3v) is 2.86. The molecule has 0 bridgehead atoms. The molecule has 1 aromatic rings. The minimum absolute atomic E-state index is 0.211. The van der Waals surface area contributed by atoms with Crippen molar-refractivity contribution in [3.63, 3.8) is 0 Å². The Morgan fingerprint density at radius 1 is 1.13 bits per heavy atom. The lowest BCUT2D eigenvalue weighted by atomic mass is 9.85. The second-order valence-corrected chi connectivity index (χ2v) is 4.48. The zero-order valence-corrected chi connectivity index (χ0v) is 9.57. The molecule has 1 rings (SSSR count). The topological polar surface area (TPSA) is 20.2 Å². The Balaban J connectivity index is 2.70. The summed E-state index contributed by atoms with van der Waals surface area (Å²) < 4.78 is 12.7. The molecule has 0 aliphatic carbocycles. The summed E-state index contributed by atoms with van der Waals surface area (Å²) in [5.41, 5.74) is 1.08. The van der Waals surface area contributed by atoms with Gasteiger partial charge in [0.25, 0.3) is 0 Å². The fraction of sp³-hybridized carbons (Fsp3) is 0.538. The molecule has 84 valence electrons. The summed E-state index contributed by atoms with van der Waals surface area (Å²) >= 11 is 0. The lowest BCUT2D eigenvalue weighted by molar-refractivity contribution is 0.0977. The van der Waals surface area contributed by atoms with Gasteiger partial charge in [0.2, 0.25) is 0 Å². The number of rotatable bonds is 4. The first kappa shape index (κ1) is 12.2. The lowest BCUT2D eigenvalue weighted by Gasteiger charge is -2.23. The van der Waals surface area contributed by atoms with Gasteiger partial charge in [-0.25, -0.2) is 4.39 Å². The van der Waals surface area contributed by atoms with E-state index >= 15 is 0 Å². The number of hydrogen-bond donors (Lipinski definition) is 1. The Bertz CT molecular complexity index is 282. The van der Waals surface area contributed by atoms with E-state index in [4.69, 9.17) is 0 Å². The molecule has 2 atom stereocenters. The van der Waals surface area contributed by atoms with Crippen LogP contribution in [0.25, 0.3) is 0 Å². The van der Waals surface area contributed by atoms with Crippen LogP contribution in [0, 0.1) is 17.7 Å². The zero-order valence-electron chi connectivity index (χ0n) is 9.57. The molecule has 0 heterocycles. The normalized spacial score (nSPS) is 15.3. The standard InChI is InChI=1S/C13H19FO/c1-9(2)13(10(3)15)8-11-4-6-12(14)7-5-11/h4-7,9-10,13,15H,8H2,1-3H3. The number of aliphatic hydroxyl groups excluding tert-OH is 1. The van der Waals surface area contributed by atoms with E-state index in [1.807, 2.05) is 6.92 Å². The first-order valence-electron chi connectivity index (χ1n) is 5.43. The van der Waals surface area contributed by atoms with Gasteiger partial charge in [0.05, 0.1) is 6.10 Å². The molecule has 1 nitrogen and oxygen atoms in total. The van der Waals surface area contributed by atoms with Crippen molar-refractivity contribution in [2.24, 2.45) is 11.8 Å². The maximum Gasteiger partial charge on any atom is 0.123 e. The van der Waals surface area contributed by atoms with Crippen molar-refractivity contribution < 1.29 is 9.50 Å². The van der Waals surface area contributed by atoms with Crippen molar-refractivity contribution in [1.82, 2.24) is 0 Å². The molecule has 0 aromatic heterocycles. The van der Waals surface area contributed by atoms with Crippen LogP contribution in [0.3, 0.4) is 0 Å². The van der Waals surface area contributed by atoms with Crippen molar-refractivity contribution >= 4 is 0 Å². The van der Waals surface area contributed by atoms with Crippen LogP contribution in [0.1, 0.15) is 26.3 Å². The number of aliphatic hydroxyl groups is 1. The molecule has 0 radical (unpaired) electrons. The monoisotopic (exact) mass is 210 g/mol. The summed E-state index contributed by atoms with van der Waals surface area (Å²) in [6, 6.07) is 6.50. The zero-order chi connectivity index (χ0) is 11.4. The van der Waals surface area contributed by atoms with E-state index < -0.39 is 0 Å². The summed E-state index contributed by atoms with van der Waals surface area (Å²) in [4.78, 5) is 0. The molecule has 2 heteroatoms. The van der Waals surface area contributed by atoms with Crippen LogP contribution in [0.4, 0.5) is 4.39 Å². The quantitative estimate of drug-likeness (QED) is 0.810. The molecule has 0 aliphatic heterocycles. The van der Waals surface area contributed by atoms with Crippen LogP contribution in [0.15, 0.2) is 24.3 Å². The highest BCUT2D eigenvalue weighted by atomic mass is 19.1. The first-order valence-corrected chi connectivity index (χ1v) is 5.43. The molecule has 0 aliphatic rings. The van der Waals surface area contributed by atoms with Gasteiger partial charge in [0.15, 0.2) is 0 Å². The Labute approximate surface area is 90.9 Å². The summed E-state index contributed by atoms with van der Waals surface area (Å²) in [5.74, 6) is 0.447. The molecule has 2 unspecified atom stereocenters. The minimum atomic E-state index is -0.324. The second kappa shape index (κ2) is 5.26. The van der Waals surface area contributed by atoms with Crippen LogP contribution in [0.2, 0.25) is 0 Å². The molecule has 1 N–H and O–H groups in total. The van der Waals surface area contributed by atoms with Crippen LogP contribution in [-0.4, -0.2) is 11.2 Å². The fourth-order valence-corrected chi connectivity index (χ4v) is 1.86. The number of benzene rings is 1. The van der Waals surface area contributed by atoms with Crippen molar-refractivity contribution in [2.75, 3.05) is 0 Å². The van der Waals surface area contributed by atoms with Gasteiger partial charge in [-0.1, -0.05) is 26.0 Å². The van der Waals surface area contributed by atoms with Crippen LogP contribution >= 0.6 is 0 Å². The van der Waals surface area contributed by atoms with E-state index in [0.29, 0.717) is 5.92 Å². The Morgan fingerprint density at radius 2 is 1.67 bits per heavy atom. The van der Waals surface area contributed by atoms with E-state index in [2.05, 4.69) is 13.8 Å². The highest BCUT2D eigenvalue weighted by Gasteiger charge is 2.19. The smallest absolute Gasteiger partial charge is 0.123 e. The third kappa shape index (κ3) is 3.63. The van der Waals surface area contributed by atoms with E-state index in [-0.39, 0.29) is 17.8 Å². The molecule has 0 saturated carbocycles. The van der Waals surface area contributed by atoms with Gasteiger partial charge in [0.1, 0.15) is 5.82 Å². The maximum atomic E-state index is 12.7. The summed E-state index contributed by atoms with van der Waals surface area (Å²) in [5, 5.41) is 9.62. The van der Waals surface area contributed by atoms with Crippen molar-refractivity contribution in [3.05, 3.63) is 35.6 Å². The largest absolute Gasteiger partial charge is 0.393 e. The fourth-order valence-electron chi connectivity index (χ4n) is 1.86. The number of hydrogen-bond acceptors (Lipinski definition) is 1. The molecule has 0 spiro atoms. The van der Waals surface area contributed by atoms with Gasteiger partial charge in [-0.2, -0.15) is 0 Å². The van der Waals surface area contributed by atoms with E-state index in [9.17, 15) is 9.50 Å². The highest BCUT2D eigenvalue weighted by Crippen LogP contribution is 2.21. The average molecular weight is 210 g/mol. The van der Waals surface area contributed by atoms with Gasteiger partial charge in [-0.15, -0.1) is 0 Å². The van der Waals surface area contributed by atoms with Gasteiger partial charge in [0, 0.05) is 0 Å². The predicted molar refractivity (Wildman–Crippen MR) is 60.1 cm³/mol. The summed E-state index contributed by atoms with van der Waals surface area (Å²) in [6.07, 6.45) is 0.477. The van der Waals surface area contributed by atoms with E-state index in [1.165, 1.54) is 12.1 Å². The molecule has 0 fully saturated rings. The van der Waals surface area contributed by atoms with Gasteiger partial charge in [-0.3, -0.25) is 0 Å². The lowest BCUT2D eigenvalue weighted by Crippen LogP contribution is -2.24. The summed E-state index contributed by atoms with van der Waals surface area (Å²) in [7, 11) is 0. The van der Waals surface area contributed by atoms with Gasteiger partial charge >= 0.3 is 0 Å². The third-order valence-electron chi connectivity index (χ3n) is 2.86. The summed E-state index contributed by atoms with van der Waals surface area (Å²) in [6.45, 7) is 6.01. The molecule has 0 amide bonds. The molecule has 1 aromatic carbocycles. The molecular formula is C13H19FO. The van der Waals surface area contributed by atoms with E-state index in [1.54, 1.807) is 12.1 Å². The van der Waals surface area contributed by atoms with Crippen LogP contribution < -0.4 is 0 Å².